The monoisotopic (exact) mass is 326 g/mol. The number of hydrogen-bond acceptors (Lipinski definition) is 6. The number of benzene rings is 1. The number of hydrogen-bond donors (Lipinski definition) is 3. The number of hydrazine groups is 1. The first-order valence-corrected chi connectivity index (χ1v) is 7.04. The van der Waals surface area contributed by atoms with Crippen LogP contribution in [0.25, 0.3) is 0 Å². The molecule has 0 radical (unpaired) electrons. The lowest BCUT2D eigenvalue weighted by Crippen LogP contribution is -2.22. The number of nitrogens with one attached hydrogen (secondary N) is 2. The molecule has 0 fully saturated rings. The second-order valence-corrected chi connectivity index (χ2v) is 5.46. The Morgan fingerprint density at radius 2 is 2.24 bits per heavy atom. The highest BCUT2D eigenvalue weighted by Crippen LogP contribution is 2.32. The molecule has 7 nitrogen and oxygen atoms in total. The number of nitro groups is 1. The molecule has 0 atom stereocenters. The van der Waals surface area contributed by atoms with Gasteiger partial charge >= 0.3 is 0 Å². The number of amides is 1. The molecule has 1 aromatic carbocycles. The van der Waals surface area contributed by atoms with Gasteiger partial charge in [0.25, 0.3) is 11.6 Å². The zero-order chi connectivity index (χ0) is 15.4. The summed E-state index contributed by atoms with van der Waals surface area (Å²) in [5.74, 6) is 4.75. The SMILES string of the molecule is NNc1c(Cl)cc(C(=O)NCc2cccs2)cc1[N+](=O)[O-]. The molecule has 0 saturated carbocycles. The van der Waals surface area contributed by atoms with Gasteiger partial charge < -0.3 is 10.7 Å². The second-order valence-electron chi connectivity index (χ2n) is 4.02. The van der Waals surface area contributed by atoms with Crippen molar-refractivity contribution in [3.8, 4) is 0 Å². The van der Waals surface area contributed by atoms with Crippen LogP contribution in [0.4, 0.5) is 11.4 Å². The third-order valence-corrected chi connectivity index (χ3v) is 3.85. The fourth-order valence-corrected chi connectivity index (χ4v) is 2.61. The van der Waals surface area contributed by atoms with Gasteiger partial charge in [-0.1, -0.05) is 17.7 Å². The van der Waals surface area contributed by atoms with Crippen LogP contribution in [0, 0.1) is 10.1 Å². The molecular formula is C12H11ClN4O3S. The van der Waals surface area contributed by atoms with Crippen LogP contribution in [0.1, 0.15) is 15.2 Å². The Hall–Kier alpha value is -2.16. The molecule has 0 aliphatic rings. The number of nitrogens with two attached hydrogens (primary N) is 1. The van der Waals surface area contributed by atoms with E-state index >= 15 is 0 Å². The van der Waals surface area contributed by atoms with E-state index in [1.807, 2.05) is 17.5 Å². The highest BCUT2D eigenvalue weighted by atomic mass is 35.5. The van der Waals surface area contributed by atoms with Crippen molar-refractivity contribution in [2.45, 2.75) is 6.54 Å². The Balaban J connectivity index is 2.23. The molecule has 21 heavy (non-hydrogen) atoms. The molecule has 1 amide bonds. The number of carbonyl (C=O) groups is 1. The number of halogens is 1. The summed E-state index contributed by atoms with van der Waals surface area (Å²) in [6.45, 7) is 0.346. The minimum absolute atomic E-state index is 0.00738. The fourth-order valence-electron chi connectivity index (χ4n) is 1.69. The highest BCUT2D eigenvalue weighted by molar-refractivity contribution is 7.09. The average Bonchev–Trinajstić information content (AvgIpc) is 2.96. The summed E-state index contributed by atoms with van der Waals surface area (Å²) in [5.41, 5.74) is 1.88. The van der Waals surface area contributed by atoms with Gasteiger partial charge in [-0.25, -0.2) is 0 Å². The van der Waals surface area contributed by atoms with E-state index in [1.54, 1.807) is 0 Å². The summed E-state index contributed by atoms with van der Waals surface area (Å²) in [5, 5.41) is 15.5. The van der Waals surface area contributed by atoms with Gasteiger partial charge in [-0.15, -0.1) is 11.3 Å². The minimum atomic E-state index is -0.656. The predicted molar refractivity (Wildman–Crippen MR) is 81.4 cm³/mol. The lowest BCUT2D eigenvalue weighted by molar-refractivity contribution is -0.384. The van der Waals surface area contributed by atoms with Gasteiger partial charge in [0.1, 0.15) is 5.69 Å². The highest BCUT2D eigenvalue weighted by Gasteiger charge is 2.20. The second kappa shape index (κ2) is 6.53. The number of carbonyl (C=O) groups excluding carboxylic acids is 1. The molecule has 4 N–H and O–H groups in total. The Morgan fingerprint density at radius 3 is 2.81 bits per heavy atom. The molecule has 1 heterocycles. The zero-order valence-corrected chi connectivity index (χ0v) is 12.2. The van der Waals surface area contributed by atoms with Crippen molar-refractivity contribution in [3.05, 3.63) is 55.2 Å². The van der Waals surface area contributed by atoms with Gasteiger partial charge in [-0.05, 0) is 17.5 Å². The summed E-state index contributed by atoms with van der Waals surface area (Å²) >= 11 is 7.40. The van der Waals surface area contributed by atoms with Gasteiger partial charge in [-0.2, -0.15) is 0 Å². The maximum absolute atomic E-state index is 12.0. The van der Waals surface area contributed by atoms with Crippen LogP contribution in [0.15, 0.2) is 29.6 Å². The van der Waals surface area contributed by atoms with Crippen molar-refractivity contribution in [3.63, 3.8) is 0 Å². The zero-order valence-electron chi connectivity index (χ0n) is 10.6. The molecule has 0 aliphatic heterocycles. The molecule has 0 bridgehead atoms. The van der Waals surface area contributed by atoms with E-state index in [4.69, 9.17) is 17.4 Å². The predicted octanol–water partition coefficient (Wildman–Crippen LogP) is 2.53. The fraction of sp³-hybridized carbons (Fsp3) is 0.0833. The Bertz CT molecular complexity index is 675. The molecule has 0 aliphatic carbocycles. The summed E-state index contributed by atoms with van der Waals surface area (Å²) in [6.07, 6.45) is 0. The molecule has 0 saturated heterocycles. The van der Waals surface area contributed by atoms with Crippen LogP contribution in [-0.4, -0.2) is 10.8 Å². The van der Waals surface area contributed by atoms with Crippen molar-refractivity contribution < 1.29 is 9.72 Å². The molecule has 0 spiro atoms. The Morgan fingerprint density at radius 1 is 1.48 bits per heavy atom. The number of anilines is 1. The maximum atomic E-state index is 12.0. The number of nitro benzene ring substituents is 1. The van der Waals surface area contributed by atoms with Gasteiger partial charge in [0, 0.05) is 16.5 Å². The number of rotatable bonds is 5. The standard InChI is InChI=1S/C12H11ClN4O3S/c13-9-4-7(5-10(17(19)20)11(9)16-14)12(18)15-6-8-2-1-3-21-8/h1-5,16H,6,14H2,(H,15,18). The summed E-state index contributed by atoms with van der Waals surface area (Å²) in [7, 11) is 0. The smallest absolute Gasteiger partial charge is 0.295 e. The van der Waals surface area contributed by atoms with Crippen molar-refractivity contribution in [1.82, 2.24) is 5.32 Å². The van der Waals surface area contributed by atoms with Gasteiger partial charge in [-0.3, -0.25) is 20.8 Å². The first-order chi connectivity index (χ1) is 10.0. The topological polar surface area (TPSA) is 110 Å². The van der Waals surface area contributed by atoms with Crippen LogP contribution in [-0.2, 0) is 6.54 Å². The number of nitrogens with zero attached hydrogens (tertiary/aromatic N) is 1. The normalized spacial score (nSPS) is 10.2. The van der Waals surface area contributed by atoms with Crippen LogP contribution < -0.4 is 16.6 Å². The summed E-state index contributed by atoms with van der Waals surface area (Å²) < 4.78 is 0. The first kappa shape index (κ1) is 15.2. The van der Waals surface area contributed by atoms with E-state index in [0.717, 1.165) is 10.9 Å². The summed E-state index contributed by atoms with van der Waals surface area (Å²) in [4.78, 5) is 23.3. The van der Waals surface area contributed by atoms with Crippen molar-refractivity contribution in [1.29, 1.82) is 0 Å². The van der Waals surface area contributed by atoms with Crippen LogP contribution in [0.5, 0.6) is 0 Å². The lowest BCUT2D eigenvalue weighted by atomic mass is 10.1. The van der Waals surface area contributed by atoms with E-state index in [9.17, 15) is 14.9 Å². The van der Waals surface area contributed by atoms with Crippen molar-refractivity contribution in [2.75, 3.05) is 5.43 Å². The largest absolute Gasteiger partial charge is 0.347 e. The van der Waals surface area contributed by atoms with Gasteiger partial charge in [0.2, 0.25) is 0 Å². The lowest BCUT2D eigenvalue weighted by Gasteiger charge is -2.08. The van der Waals surface area contributed by atoms with Crippen molar-refractivity contribution >= 4 is 40.2 Å². The molecule has 2 rings (SSSR count). The number of thiophene rings is 1. The van der Waals surface area contributed by atoms with Gasteiger partial charge in [0.15, 0.2) is 0 Å². The van der Waals surface area contributed by atoms with Crippen molar-refractivity contribution in [2.24, 2.45) is 5.84 Å². The van der Waals surface area contributed by atoms with Crippen LogP contribution in [0.3, 0.4) is 0 Å². The first-order valence-electron chi connectivity index (χ1n) is 5.78. The van der Waals surface area contributed by atoms with E-state index in [1.165, 1.54) is 17.4 Å². The molecule has 1 aromatic heterocycles. The molecule has 2 aromatic rings. The molecule has 110 valence electrons. The average molecular weight is 327 g/mol. The van der Waals surface area contributed by atoms with Crippen LogP contribution >= 0.6 is 22.9 Å². The van der Waals surface area contributed by atoms with E-state index in [2.05, 4.69) is 10.7 Å². The quantitative estimate of drug-likeness (QED) is 0.444. The molecule has 0 unspecified atom stereocenters. The molecular weight excluding hydrogens is 316 g/mol. The Kier molecular flexibility index (Phi) is 4.73. The van der Waals surface area contributed by atoms with E-state index < -0.39 is 10.8 Å². The van der Waals surface area contributed by atoms with Crippen LogP contribution in [0.2, 0.25) is 5.02 Å². The minimum Gasteiger partial charge on any atom is -0.347 e. The maximum Gasteiger partial charge on any atom is 0.295 e. The third-order valence-electron chi connectivity index (χ3n) is 2.68. The number of nitrogen functional groups attached to an aromatic ring is 1. The van der Waals surface area contributed by atoms with Gasteiger partial charge in [0.05, 0.1) is 16.5 Å². The Labute approximate surface area is 128 Å². The third kappa shape index (κ3) is 3.48. The summed E-state index contributed by atoms with van der Waals surface area (Å²) in [6, 6.07) is 6.20. The van der Waals surface area contributed by atoms with E-state index in [-0.39, 0.29) is 22.0 Å². The molecule has 9 heteroatoms. The van der Waals surface area contributed by atoms with E-state index in [0.29, 0.717) is 6.54 Å².